The zero-order valence-electron chi connectivity index (χ0n) is 11.9. The summed E-state index contributed by atoms with van der Waals surface area (Å²) in [5.74, 6) is 0. The molecule has 1 heterocycles. The van der Waals surface area contributed by atoms with Gasteiger partial charge in [-0.25, -0.2) is 13.1 Å². The maximum Gasteiger partial charge on any atom is 0.241 e. The number of nitrogens with zero attached hydrogens (tertiary/aromatic N) is 1. The van der Waals surface area contributed by atoms with Crippen molar-refractivity contribution < 1.29 is 8.42 Å². The third-order valence-corrected chi connectivity index (χ3v) is 5.84. The van der Waals surface area contributed by atoms with Crippen molar-refractivity contribution in [3.63, 3.8) is 0 Å². The van der Waals surface area contributed by atoms with Gasteiger partial charge in [0.25, 0.3) is 0 Å². The molecule has 1 rings (SSSR count). The van der Waals surface area contributed by atoms with Crippen LogP contribution < -0.4 is 10.5 Å². The summed E-state index contributed by atoms with van der Waals surface area (Å²) in [6, 6.07) is 2.06. The molecule has 0 amide bonds. The summed E-state index contributed by atoms with van der Waals surface area (Å²) in [7, 11) is -1.45. The van der Waals surface area contributed by atoms with Crippen LogP contribution in [0.25, 0.3) is 0 Å². The second-order valence-electron chi connectivity index (χ2n) is 4.81. The van der Waals surface area contributed by atoms with Crippen LogP contribution in [0.15, 0.2) is 11.0 Å². The summed E-state index contributed by atoms with van der Waals surface area (Å²) in [5, 5.41) is 0. The topological polar surface area (TPSA) is 75.4 Å². The quantitative estimate of drug-likeness (QED) is 0.792. The third-order valence-electron chi connectivity index (χ3n) is 3.05. The van der Waals surface area contributed by atoms with E-state index in [1.807, 2.05) is 7.05 Å². The Morgan fingerprint density at radius 1 is 1.47 bits per heavy atom. The minimum atomic E-state index is -3.42. The first-order valence-electron chi connectivity index (χ1n) is 6.27. The lowest BCUT2D eigenvalue weighted by Crippen LogP contribution is -2.36. The summed E-state index contributed by atoms with van der Waals surface area (Å²) in [4.78, 5) is 4.11. The molecule has 0 fully saturated rings. The zero-order chi connectivity index (χ0) is 14.6. The molecule has 0 atom stereocenters. The lowest BCUT2D eigenvalue weighted by molar-refractivity contribution is 0.278. The van der Waals surface area contributed by atoms with Gasteiger partial charge in [-0.2, -0.15) is 0 Å². The normalized spacial score (nSPS) is 12.6. The van der Waals surface area contributed by atoms with E-state index in [-0.39, 0.29) is 0 Å². The summed E-state index contributed by atoms with van der Waals surface area (Å²) < 4.78 is 27.0. The molecule has 0 radical (unpaired) electrons. The van der Waals surface area contributed by atoms with Gasteiger partial charge in [0.05, 0.1) is 4.90 Å². The number of likely N-dealkylation sites (N-methyl/N-ethyl adjacent to an activating group) is 1. The molecule has 3 N–H and O–H groups in total. The summed E-state index contributed by atoms with van der Waals surface area (Å²) in [6.45, 7) is 7.42. The summed E-state index contributed by atoms with van der Waals surface area (Å²) >= 11 is 1.43. The molecule has 0 aliphatic heterocycles. The molecule has 1 aromatic heterocycles. The fourth-order valence-electron chi connectivity index (χ4n) is 1.58. The van der Waals surface area contributed by atoms with Crippen LogP contribution in [0, 0.1) is 6.92 Å². The lowest BCUT2D eigenvalue weighted by Gasteiger charge is -2.20. The van der Waals surface area contributed by atoms with Crippen molar-refractivity contribution in [2.24, 2.45) is 5.73 Å². The Labute approximate surface area is 119 Å². The Hall–Kier alpha value is -0.470. The fraction of sp³-hybridized carbons (Fsp3) is 0.667. The third kappa shape index (κ3) is 4.54. The lowest BCUT2D eigenvalue weighted by atomic mass is 10.3. The van der Waals surface area contributed by atoms with Gasteiger partial charge in [-0.05, 0) is 33.9 Å². The molecule has 0 aromatic carbocycles. The van der Waals surface area contributed by atoms with Crippen LogP contribution in [0.1, 0.15) is 23.6 Å². The number of rotatable bonds is 7. The molecule has 0 aliphatic rings. The van der Waals surface area contributed by atoms with Crippen molar-refractivity contribution in [3.05, 3.63) is 15.8 Å². The van der Waals surface area contributed by atoms with E-state index in [2.05, 4.69) is 23.5 Å². The highest BCUT2D eigenvalue weighted by molar-refractivity contribution is 7.89. The highest BCUT2D eigenvalue weighted by Gasteiger charge is 2.19. The molecule has 1 aromatic rings. The first kappa shape index (κ1) is 16.6. The van der Waals surface area contributed by atoms with E-state index >= 15 is 0 Å². The van der Waals surface area contributed by atoms with Crippen molar-refractivity contribution in [3.8, 4) is 0 Å². The van der Waals surface area contributed by atoms with E-state index < -0.39 is 10.0 Å². The number of hydrogen-bond acceptors (Lipinski definition) is 5. The molecule has 0 spiro atoms. The van der Waals surface area contributed by atoms with Crippen LogP contribution >= 0.6 is 11.3 Å². The second-order valence-corrected chi connectivity index (χ2v) is 7.89. The van der Waals surface area contributed by atoms with E-state index in [1.54, 1.807) is 13.0 Å². The van der Waals surface area contributed by atoms with Crippen molar-refractivity contribution in [1.82, 2.24) is 9.62 Å². The molecule has 110 valence electrons. The molecular weight excluding hydrogens is 282 g/mol. The molecule has 0 bridgehead atoms. The van der Waals surface area contributed by atoms with Crippen LogP contribution in [-0.2, 0) is 16.6 Å². The standard InChI is InChI=1S/C12H23N3O2S2/c1-9(2)15(4)6-5-14-19(16,17)12-7-11(8-13)18-10(12)3/h7,9,14H,5-6,8,13H2,1-4H3. The van der Waals surface area contributed by atoms with E-state index in [0.29, 0.717) is 30.6 Å². The van der Waals surface area contributed by atoms with Crippen LogP contribution in [-0.4, -0.2) is 39.5 Å². The largest absolute Gasteiger partial charge is 0.326 e. The van der Waals surface area contributed by atoms with Gasteiger partial charge in [0.1, 0.15) is 0 Å². The minimum Gasteiger partial charge on any atom is -0.326 e. The molecule has 0 unspecified atom stereocenters. The van der Waals surface area contributed by atoms with Crippen molar-refractivity contribution >= 4 is 21.4 Å². The van der Waals surface area contributed by atoms with Crippen molar-refractivity contribution in [2.75, 3.05) is 20.1 Å². The molecule has 5 nitrogen and oxygen atoms in total. The van der Waals surface area contributed by atoms with Gasteiger partial charge in [0.2, 0.25) is 10.0 Å². The number of sulfonamides is 1. The number of thiophene rings is 1. The average molecular weight is 305 g/mol. The van der Waals surface area contributed by atoms with Gasteiger partial charge in [-0.3, -0.25) is 0 Å². The second kappa shape index (κ2) is 6.81. The maximum absolute atomic E-state index is 12.2. The summed E-state index contributed by atoms with van der Waals surface area (Å²) in [5.41, 5.74) is 5.54. The van der Waals surface area contributed by atoms with Gasteiger partial charge < -0.3 is 10.6 Å². The van der Waals surface area contributed by atoms with Crippen LogP contribution in [0.5, 0.6) is 0 Å². The highest BCUT2D eigenvalue weighted by atomic mass is 32.2. The first-order chi connectivity index (χ1) is 8.77. The van der Waals surface area contributed by atoms with Gasteiger partial charge >= 0.3 is 0 Å². The molecule has 0 saturated heterocycles. The predicted octanol–water partition coefficient (Wildman–Crippen LogP) is 1.13. The first-order valence-corrected chi connectivity index (χ1v) is 8.57. The fourth-order valence-corrected chi connectivity index (χ4v) is 4.12. The van der Waals surface area contributed by atoms with Crippen LogP contribution in [0.3, 0.4) is 0 Å². The van der Waals surface area contributed by atoms with E-state index in [4.69, 9.17) is 5.73 Å². The molecular formula is C12H23N3O2S2. The zero-order valence-corrected chi connectivity index (χ0v) is 13.6. The minimum absolute atomic E-state index is 0.352. The molecule has 7 heteroatoms. The van der Waals surface area contributed by atoms with Crippen LogP contribution in [0.2, 0.25) is 0 Å². The van der Waals surface area contributed by atoms with E-state index in [1.165, 1.54) is 11.3 Å². The van der Waals surface area contributed by atoms with Gasteiger partial charge in [0, 0.05) is 35.4 Å². The predicted molar refractivity (Wildman–Crippen MR) is 79.9 cm³/mol. The summed E-state index contributed by atoms with van der Waals surface area (Å²) in [6.07, 6.45) is 0. The molecule has 0 saturated carbocycles. The van der Waals surface area contributed by atoms with Gasteiger partial charge in [0.15, 0.2) is 0 Å². The van der Waals surface area contributed by atoms with Crippen LogP contribution in [0.4, 0.5) is 0 Å². The van der Waals surface area contributed by atoms with Gasteiger partial charge in [-0.15, -0.1) is 11.3 Å². The monoisotopic (exact) mass is 305 g/mol. The smallest absolute Gasteiger partial charge is 0.241 e. The average Bonchev–Trinajstić information content (AvgIpc) is 2.70. The Kier molecular flexibility index (Phi) is 5.94. The van der Waals surface area contributed by atoms with E-state index in [9.17, 15) is 8.42 Å². The molecule has 0 aliphatic carbocycles. The molecule has 19 heavy (non-hydrogen) atoms. The highest BCUT2D eigenvalue weighted by Crippen LogP contribution is 2.25. The number of nitrogens with one attached hydrogen (secondary N) is 1. The Balaban J connectivity index is 2.68. The Morgan fingerprint density at radius 3 is 2.58 bits per heavy atom. The van der Waals surface area contributed by atoms with Crippen molar-refractivity contribution in [2.45, 2.75) is 38.3 Å². The SMILES string of the molecule is Cc1sc(CN)cc1S(=O)(=O)NCCN(C)C(C)C. The maximum atomic E-state index is 12.2. The number of nitrogens with two attached hydrogens (primary N) is 1. The Bertz CT molecular complexity index is 509. The number of hydrogen-bond donors (Lipinski definition) is 2. The number of aryl methyl sites for hydroxylation is 1. The van der Waals surface area contributed by atoms with Gasteiger partial charge in [-0.1, -0.05) is 0 Å². The van der Waals surface area contributed by atoms with E-state index in [0.717, 1.165) is 9.75 Å². The van der Waals surface area contributed by atoms with Crippen molar-refractivity contribution in [1.29, 1.82) is 0 Å². The Morgan fingerprint density at radius 2 is 2.11 bits per heavy atom.